The molecule has 0 aliphatic heterocycles. The van der Waals surface area contributed by atoms with E-state index in [1.54, 1.807) is 0 Å². The van der Waals surface area contributed by atoms with Crippen molar-refractivity contribution in [3.8, 4) is 11.3 Å². The maximum Gasteiger partial charge on any atom is 0.164 e. The van der Waals surface area contributed by atoms with Crippen LogP contribution in [0.2, 0.25) is 0 Å². The largest absolute Gasteiger partial charge is 0.512 e. The van der Waals surface area contributed by atoms with Gasteiger partial charge in [-0.25, -0.2) is 0 Å². The van der Waals surface area contributed by atoms with Crippen LogP contribution in [0.5, 0.6) is 0 Å². The van der Waals surface area contributed by atoms with Gasteiger partial charge in [-0.2, -0.15) is 0 Å². The number of aryl methyl sites for hydroxylation is 1. The van der Waals surface area contributed by atoms with E-state index in [1.807, 2.05) is 59.9 Å². The second-order valence-corrected chi connectivity index (χ2v) is 13.5. The first kappa shape index (κ1) is 30.7. The number of carbonyl (C=O) groups is 1. The molecule has 0 amide bonds. The normalized spacial score (nSPS) is 14.3. The molecule has 6 rings (SSSR count). The van der Waals surface area contributed by atoms with E-state index in [1.165, 1.54) is 38.9 Å². The van der Waals surface area contributed by atoms with E-state index in [0.717, 1.165) is 27.8 Å². The minimum atomic E-state index is -0.417. The summed E-state index contributed by atoms with van der Waals surface area (Å²) >= 11 is 0. The van der Waals surface area contributed by atoms with Crippen LogP contribution in [0.25, 0.3) is 44.0 Å². The standard InChI is InChI=1S/C25H18NO.C11H20O2.Ir/c1-14-10-11-15-13-26-24-16-6-4-8-19-21(16)22-18(7-5-9-20(22)27-19)25(2,3)23(24)17(15)12-14;1-10(2,3)8(12)7-9(13)11(4,5)6;/h4-5,7-13H,1-3H3;7,12H,1-6H3;/q-1;;/b;8-7-;. The van der Waals surface area contributed by atoms with Crippen molar-refractivity contribution in [2.45, 2.75) is 67.7 Å². The average molecular weight is 725 g/mol. The summed E-state index contributed by atoms with van der Waals surface area (Å²) in [5, 5.41) is 14.3. The summed E-state index contributed by atoms with van der Waals surface area (Å²) < 4.78 is 6.18. The Bertz CT molecular complexity index is 1830. The fraction of sp³-hybridized carbons (Fsp3) is 0.333. The van der Waals surface area contributed by atoms with Crippen LogP contribution in [0.1, 0.15) is 72.1 Å². The van der Waals surface area contributed by atoms with Crippen LogP contribution in [0.15, 0.2) is 71.0 Å². The molecule has 3 aromatic carbocycles. The van der Waals surface area contributed by atoms with Gasteiger partial charge in [-0.15, -0.1) is 17.7 Å². The quantitative estimate of drug-likeness (QED) is 0.106. The van der Waals surface area contributed by atoms with Crippen LogP contribution in [0.4, 0.5) is 0 Å². The van der Waals surface area contributed by atoms with Crippen LogP contribution in [0, 0.1) is 23.8 Å². The minimum Gasteiger partial charge on any atom is -0.512 e. The number of furan rings is 1. The van der Waals surface area contributed by atoms with Crippen molar-refractivity contribution >= 4 is 38.5 Å². The van der Waals surface area contributed by atoms with E-state index in [2.05, 4.69) is 63.2 Å². The number of aromatic nitrogens is 1. The summed E-state index contributed by atoms with van der Waals surface area (Å²) in [5.41, 5.74) is 6.75. The molecule has 1 aliphatic carbocycles. The number of nitrogens with zero attached hydrogens (tertiary/aromatic N) is 1. The molecule has 1 radical (unpaired) electrons. The number of hydrogen-bond donors (Lipinski definition) is 1. The molecule has 0 spiro atoms. The van der Waals surface area contributed by atoms with Crippen molar-refractivity contribution in [2.75, 3.05) is 0 Å². The second-order valence-electron chi connectivity index (χ2n) is 13.5. The molecule has 41 heavy (non-hydrogen) atoms. The smallest absolute Gasteiger partial charge is 0.164 e. The molecular weight excluding hydrogens is 687 g/mol. The Kier molecular flexibility index (Phi) is 7.88. The zero-order valence-corrected chi connectivity index (χ0v) is 27.7. The van der Waals surface area contributed by atoms with Crippen molar-refractivity contribution in [1.29, 1.82) is 0 Å². The van der Waals surface area contributed by atoms with Gasteiger partial charge in [0.05, 0.1) is 5.58 Å². The molecular formula is C36H38IrNO3-. The summed E-state index contributed by atoms with van der Waals surface area (Å²) in [6.45, 7) is 17.9. The molecule has 2 aromatic heterocycles. The zero-order valence-electron chi connectivity index (χ0n) is 25.3. The Morgan fingerprint density at radius 3 is 2.32 bits per heavy atom. The number of fused-ring (bicyclic) bond motifs is 4. The average Bonchev–Trinajstić information content (AvgIpc) is 3.22. The van der Waals surface area contributed by atoms with Gasteiger partial charge in [0, 0.05) is 48.6 Å². The molecule has 5 heteroatoms. The van der Waals surface area contributed by atoms with E-state index in [9.17, 15) is 9.90 Å². The SMILES string of the molecule is CC(C)(C)C(=O)/C=C(\O)C(C)(C)C.Cc1ccc2cnc3c(c2c1)C(C)(C)c1cccc2oc4cc[c-]c-3c4c12.[Ir]. The number of aliphatic hydroxyl groups excluding tert-OH is 1. The van der Waals surface area contributed by atoms with Crippen molar-refractivity contribution in [3.63, 3.8) is 0 Å². The summed E-state index contributed by atoms with van der Waals surface area (Å²) in [7, 11) is 0. The van der Waals surface area contributed by atoms with E-state index in [0.29, 0.717) is 0 Å². The third-order valence-corrected chi connectivity index (χ3v) is 7.81. The molecule has 215 valence electrons. The number of benzene rings is 3. The molecule has 2 heterocycles. The van der Waals surface area contributed by atoms with Gasteiger partial charge in [-0.05, 0) is 46.0 Å². The second kappa shape index (κ2) is 10.5. The minimum absolute atomic E-state index is 0. The third-order valence-electron chi connectivity index (χ3n) is 7.81. The molecule has 0 fully saturated rings. The molecule has 0 unspecified atom stereocenters. The van der Waals surface area contributed by atoms with Gasteiger partial charge >= 0.3 is 0 Å². The topological polar surface area (TPSA) is 63.3 Å². The van der Waals surface area contributed by atoms with E-state index < -0.39 is 5.41 Å². The fourth-order valence-corrected chi connectivity index (χ4v) is 5.35. The number of hydrogen-bond acceptors (Lipinski definition) is 4. The van der Waals surface area contributed by atoms with E-state index in [-0.39, 0.29) is 42.5 Å². The molecule has 5 aromatic rings. The molecule has 1 aliphatic rings. The Labute approximate surface area is 256 Å². The van der Waals surface area contributed by atoms with Gasteiger partial charge in [0.15, 0.2) is 5.78 Å². The summed E-state index contributed by atoms with van der Waals surface area (Å²) in [4.78, 5) is 16.4. The van der Waals surface area contributed by atoms with E-state index >= 15 is 0 Å². The van der Waals surface area contributed by atoms with Crippen molar-refractivity contribution in [2.24, 2.45) is 10.8 Å². The molecule has 4 nitrogen and oxygen atoms in total. The Morgan fingerprint density at radius 2 is 1.66 bits per heavy atom. The Hall–Kier alpha value is -3.27. The first-order valence-electron chi connectivity index (χ1n) is 13.8. The number of allylic oxidation sites excluding steroid dienone is 2. The van der Waals surface area contributed by atoms with Gasteiger partial charge < -0.3 is 14.5 Å². The molecule has 0 bridgehead atoms. The number of ketones is 1. The predicted octanol–water partition coefficient (Wildman–Crippen LogP) is 9.64. The summed E-state index contributed by atoms with van der Waals surface area (Å²) in [6.07, 6.45) is 3.32. The van der Waals surface area contributed by atoms with E-state index in [4.69, 9.17) is 9.40 Å². The Balaban J connectivity index is 0.000000239. The van der Waals surface area contributed by atoms with Crippen LogP contribution in [-0.4, -0.2) is 15.9 Å². The van der Waals surface area contributed by atoms with Gasteiger partial charge in [-0.3, -0.25) is 4.79 Å². The molecule has 0 atom stereocenters. The number of rotatable bonds is 1. The van der Waals surface area contributed by atoms with Gasteiger partial charge in [0.2, 0.25) is 0 Å². The predicted molar refractivity (Wildman–Crippen MR) is 165 cm³/mol. The van der Waals surface area contributed by atoms with Gasteiger partial charge in [0.25, 0.3) is 0 Å². The van der Waals surface area contributed by atoms with Crippen LogP contribution < -0.4 is 0 Å². The molecule has 0 saturated carbocycles. The monoisotopic (exact) mass is 725 g/mol. The van der Waals surface area contributed by atoms with Crippen molar-refractivity contribution in [3.05, 3.63) is 89.3 Å². The maximum atomic E-state index is 11.5. The van der Waals surface area contributed by atoms with Gasteiger partial charge in [0.1, 0.15) is 11.3 Å². The van der Waals surface area contributed by atoms with Gasteiger partial charge in [-0.1, -0.05) is 103 Å². The Morgan fingerprint density at radius 1 is 0.976 bits per heavy atom. The zero-order chi connectivity index (χ0) is 29.2. The number of aliphatic hydroxyl groups is 1. The van der Waals surface area contributed by atoms with Crippen LogP contribution >= 0.6 is 0 Å². The summed E-state index contributed by atoms with van der Waals surface area (Å²) in [6, 6.07) is 20.4. The third kappa shape index (κ3) is 5.38. The number of pyridine rings is 1. The first-order valence-corrected chi connectivity index (χ1v) is 13.8. The van der Waals surface area contributed by atoms with Crippen molar-refractivity contribution < 1.29 is 34.4 Å². The van der Waals surface area contributed by atoms with Crippen LogP contribution in [0.3, 0.4) is 0 Å². The number of carbonyl (C=O) groups excluding carboxylic acids is 1. The van der Waals surface area contributed by atoms with Crippen LogP contribution in [-0.2, 0) is 30.3 Å². The first-order chi connectivity index (χ1) is 18.6. The van der Waals surface area contributed by atoms with Crippen molar-refractivity contribution in [1.82, 2.24) is 4.98 Å². The fourth-order valence-electron chi connectivity index (χ4n) is 5.35. The molecule has 1 N–H and O–H groups in total. The maximum absolute atomic E-state index is 11.5. The summed E-state index contributed by atoms with van der Waals surface area (Å²) in [5.74, 6) is 0.104. The molecule has 0 saturated heterocycles.